The number of hydrogen-bond donors (Lipinski definition) is 2. The Morgan fingerprint density at radius 3 is 2.53 bits per heavy atom. The van der Waals surface area contributed by atoms with Gasteiger partial charge in [-0.2, -0.15) is 0 Å². The highest BCUT2D eigenvalue weighted by atomic mass is 79.9. The predicted octanol–water partition coefficient (Wildman–Crippen LogP) is 3.07. The molecule has 2 N–H and O–H groups in total. The van der Waals surface area contributed by atoms with Crippen molar-refractivity contribution in [2.75, 3.05) is 17.7 Å². The molecular weight excluding hydrogens is 306 g/mol. The molecule has 0 radical (unpaired) electrons. The zero-order valence-electron chi connectivity index (χ0n) is 10.5. The van der Waals surface area contributed by atoms with Gasteiger partial charge in [-0.1, -0.05) is 28.1 Å². The third-order valence-electron chi connectivity index (χ3n) is 2.58. The SMILES string of the molecule is CNc1ccc(NC(=O)Cc2ccc(Br)cc2)cn1. The van der Waals surface area contributed by atoms with Crippen molar-refractivity contribution in [2.45, 2.75) is 6.42 Å². The fourth-order valence-corrected chi connectivity index (χ4v) is 1.87. The van der Waals surface area contributed by atoms with E-state index in [-0.39, 0.29) is 5.91 Å². The third kappa shape index (κ3) is 4.06. The van der Waals surface area contributed by atoms with Crippen molar-refractivity contribution in [2.24, 2.45) is 0 Å². The summed E-state index contributed by atoms with van der Waals surface area (Å²) in [4.78, 5) is 16.0. The van der Waals surface area contributed by atoms with Crippen LogP contribution in [0, 0.1) is 0 Å². The maximum absolute atomic E-state index is 11.9. The van der Waals surface area contributed by atoms with E-state index < -0.39 is 0 Å². The number of anilines is 2. The predicted molar refractivity (Wildman–Crippen MR) is 80.3 cm³/mol. The van der Waals surface area contributed by atoms with Gasteiger partial charge in [-0.05, 0) is 29.8 Å². The maximum atomic E-state index is 11.9. The number of nitrogens with zero attached hydrogens (tertiary/aromatic N) is 1. The molecule has 0 fully saturated rings. The molecule has 0 bridgehead atoms. The molecule has 0 saturated heterocycles. The monoisotopic (exact) mass is 319 g/mol. The third-order valence-corrected chi connectivity index (χ3v) is 3.11. The van der Waals surface area contributed by atoms with E-state index in [0.29, 0.717) is 12.1 Å². The van der Waals surface area contributed by atoms with Crippen LogP contribution in [0.3, 0.4) is 0 Å². The summed E-state index contributed by atoms with van der Waals surface area (Å²) in [6.07, 6.45) is 1.98. The molecule has 0 saturated carbocycles. The molecule has 0 spiro atoms. The van der Waals surface area contributed by atoms with Crippen molar-refractivity contribution in [3.63, 3.8) is 0 Å². The van der Waals surface area contributed by atoms with E-state index >= 15 is 0 Å². The van der Waals surface area contributed by atoms with Crippen molar-refractivity contribution >= 4 is 33.3 Å². The van der Waals surface area contributed by atoms with Gasteiger partial charge in [0.2, 0.25) is 5.91 Å². The van der Waals surface area contributed by atoms with Gasteiger partial charge in [0.05, 0.1) is 18.3 Å². The topological polar surface area (TPSA) is 54.0 Å². The molecule has 4 nitrogen and oxygen atoms in total. The molecule has 1 amide bonds. The summed E-state index contributed by atoms with van der Waals surface area (Å²) in [5.41, 5.74) is 1.67. The Labute approximate surface area is 120 Å². The number of amides is 1. The summed E-state index contributed by atoms with van der Waals surface area (Å²) in [6.45, 7) is 0. The second kappa shape index (κ2) is 6.33. The minimum absolute atomic E-state index is 0.0543. The highest BCUT2D eigenvalue weighted by Gasteiger charge is 2.04. The zero-order chi connectivity index (χ0) is 13.7. The van der Waals surface area contributed by atoms with E-state index in [9.17, 15) is 4.79 Å². The second-order valence-corrected chi connectivity index (χ2v) is 4.95. The van der Waals surface area contributed by atoms with E-state index in [1.54, 1.807) is 13.2 Å². The average Bonchev–Trinajstić information content (AvgIpc) is 2.42. The summed E-state index contributed by atoms with van der Waals surface area (Å²) >= 11 is 3.36. The van der Waals surface area contributed by atoms with Crippen LogP contribution in [-0.4, -0.2) is 17.9 Å². The molecule has 98 valence electrons. The fourth-order valence-electron chi connectivity index (χ4n) is 1.61. The zero-order valence-corrected chi connectivity index (χ0v) is 12.1. The maximum Gasteiger partial charge on any atom is 0.228 e. The van der Waals surface area contributed by atoms with Gasteiger partial charge < -0.3 is 10.6 Å². The average molecular weight is 320 g/mol. The lowest BCUT2D eigenvalue weighted by Crippen LogP contribution is -2.14. The fraction of sp³-hybridized carbons (Fsp3) is 0.143. The van der Waals surface area contributed by atoms with Crippen molar-refractivity contribution < 1.29 is 4.79 Å². The molecule has 2 aromatic rings. The first-order chi connectivity index (χ1) is 9.17. The number of benzene rings is 1. The Morgan fingerprint density at radius 1 is 1.21 bits per heavy atom. The van der Waals surface area contributed by atoms with Crippen molar-refractivity contribution in [1.82, 2.24) is 4.98 Å². The number of carbonyl (C=O) groups is 1. The van der Waals surface area contributed by atoms with Crippen LogP contribution in [0.4, 0.5) is 11.5 Å². The van der Waals surface area contributed by atoms with Gasteiger partial charge in [0.1, 0.15) is 5.82 Å². The number of carbonyl (C=O) groups excluding carboxylic acids is 1. The summed E-state index contributed by atoms with van der Waals surface area (Å²) < 4.78 is 1.00. The first kappa shape index (κ1) is 13.5. The Balaban J connectivity index is 1.95. The summed E-state index contributed by atoms with van der Waals surface area (Å²) in [7, 11) is 1.80. The molecule has 0 atom stereocenters. The lowest BCUT2D eigenvalue weighted by atomic mass is 10.1. The van der Waals surface area contributed by atoms with Gasteiger partial charge in [-0.15, -0.1) is 0 Å². The van der Waals surface area contributed by atoms with Crippen LogP contribution in [0.25, 0.3) is 0 Å². The second-order valence-electron chi connectivity index (χ2n) is 4.03. The van der Waals surface area contributed by atoms with Gasteiger partial charge in [0.25, 0.3) is 0 Å². The van der Waals surface area contributed by atoms with Crippen LogP contribution in [0.5, 0.6) is 0 Å². The van der Waals surface area contributed by atoms with Gasteiger partial charge >= 0.3 is 0 Å². The standard InChI is InChI=1S/C14H14BrN3O/c1-16-13-7-6-12(9-17-13)18-14(19)8-10-2-4-11(15)5-3-10/h2-7,9H,8H2,1H3,(H,16,17)(H,18,19). The molecule has 1 aromatic heterocycles. The van der Waals surface area contributed by atoms with Crippen molar-refractivity contribution in [3.8, 4) is 0 Å². The Hall–Kier alpha value is -1.88. The summed E-state index contributed by atoms with van der Waals surface area (Å²) in [5, 5.41) is 5.74. The first-order valence-corrected chi connectivity index (χ1v) is 6.65. The molecule has 1 heterocycles. The van der Waals surface area contributed by atoms with E-state index in [1.807, 2.05) is 36.4 Å². The molecule has 0 aliphatic carbocycles. The Morgan fingerprint density at radius 2 is 1.95 bits per heavy atom. The Bertz CT molecular complexity index is 552. The minimum Gasteiger partial charge on any atom is -0.373 e. The summed E-state index contributed by atoms with van der Waals surface area (Å²) in [5.74, 6) is 0.715. The van der Waals surface area contributed by atoms with Crippen LogP contribution >= 0.6 is 15.9 Å². The number of hydrogen-bond acceptors (Lipinski definition) is 3. The molecule has 2 rings (SSSR count). The normalized spacial score (nSPS) is 10.0. The quantitative estimate of drug-likeness (QED) is 0.910. The molecule has 5 heteroatoms. The van der Waals surface area contributed by atoms with E-state index in [2.05, 4.69) is 31.5 Å². The largest absolute Gasteiger partial charge is 0.373 e. The molecule has 0 aliphatic rings. The van der Waals surface area contributed by atoms with Gasteiger partial charge in [0, 0.05) is 11.5 Å². The van der Waals surface area contributed by atoms with E-state index in [0.717, 1.165) is 15.9 Å². The number of aromatic nitrogens is 1. The Kier molecular flexibility index (Phi) is 4.52. The highest BCUT2D eigenvalue weighted by Crippen LogP contribution is 2.12. The highest BCUT2D eigenvalue weighted by molar-refractivity contribution is 9.10. The molecule has 0 aliphatic heterocycles. The lowest BCUT2D eigenvalue weighted by molar-refractivity contribution is -0.115. The van der Waals surface area contributed by atoms with Crippen LogP contribution in [-0.2, 0) is 11.2 Å². The van der Waals surface area contributed by atoms with Crippen molar-refractivity contribution in [1.29, 1.82) is 0 Å². The summed E-state index contributed by atoms with van der Waals surface area (Å²) in [6, 6.07) is 11.3. The van der Waals surface area contributed by atoms with Crippen LogP contribution < -0.4 is 10.6 Å². The van der Waals surface area contributed by atoms with Gasteiger partial charge in [-0.3, -0.25) is 4.79 Å². The van der Waals surface area contributed by atoms with Crippen LogP contribution in [0.1, 0.15) is 5.56 Å². The van der Waals surface area contributed by atoms with Gasteiger partial charge in [-0.25, -0.2) is 4.98 Å². The lowest BCUT2D eigenvalue weighted by Gasteiger charge is -2.06. The number of nitrogens with one attached hydrogen (secondary N) is 2. The molecule has 0 unspecified atom stereocenters. The number of rotatable bonds is 4. The number of pyridine rings is 1. The molecule has 19 heavy (non-hydrogen) atoms. The van der Waals surface area contributed by atoms with Gasteiger partial charge in [0.15, 0.2) is 0 Å². The number of halogens is 1. The smallest absolute Gasteiger partial charge is 0.228 e. The van der Waals surface area contributed by atoms with Crippen molar-refractivity contribution in [3.05, 3.63) is 52.6 Å². The first-order valence-electron chi connectivity index (χ1n) is 5.85. The van der Waals surface area contributed by atoms with Crippen LogP contribution in [0.15, 0.2) is 47.1 Å². The van der Waals surface area contributed by atoms with Crippen LogP contribution in [0.2, 0.25) is 0 Å². The minimum atomic E-state index is -0.0543. The molecule has 1 aromatic carbocycles. The van der Waals surface area contributed by atoms with E-state index in [4.69, 9.17) is 0 Å². The molecular formula is C14H14BrN3O. The van der Waals surface area contributed by atoms with E-state index in [1.165, 1.54) is 0 Å².